The van der Waals surface area contributed by atoms with Crippen molar-refractivity contribution in [1.29, 1.82) is 0 Å². The number of hydrogen-bond acceptors (Lipinski definition) is 5. The van der Waals surface area contributed by atoms with Gasteiger partial charge >= 0.3 is 0 Å². The van der Waals surface area contributed by atoms with Gasteiger partial charge in [-0.1, -0.05) is 23.7 Å². The summed E-state index contributed by atoms with van der Waals surface area (Å²) in [6, 6.07) is 10.8. The number of carbonyl (C=O) groups excluding carboxylic acids is 1. The second-order valence-corrected chi connectivity index (χ2v) is 8.08. The topological polar surface area (TPSA) is 98.1 Å². The first-order valence-corrected chi connectivity index (χ1v) is 9.76. The van der Waals surface area contributed by atoms with E-state index in [1.54, 1.807) is 24.3 Å². The molecule has 0 saturated carbocycles. The average Bonchev–Trinajstić information content (AvgIpc) is 2.57. The van der Waals surface area contributed by atoms with Crippen LogP contribution in [0.1, 0.15) is 0 Å². The van der Waals surface area contributed by atoms with Gasteiger partial charge < -0.3 is 5.32 Å². The van der Waals surface area contributed by atoms with E-state index in [2.05, 4.69) is 10.3 Å². The van der Waals surface area contributed by atoms with Crippen LogP contribution < -0.4 is 10.9 Å². The first-order valence-electron chi connectivity index (χ1n) is 7.49. The number of amides is 1. The van der Waals surface area contributed by atoms with E-state index in [0.717, 1.165) is 10.8 Å². The van der Waals surface area contributed by atoms with Crippen LogP contribution >= 0.6 is 11.6 Å². The fourth-order valence-corrected chi connectivity index (χ4v) is 3.50. The van der Waals surface area contributed by atoms with Gasteiger partial charge in [0.05, 0.1) is 27.8 Å². The number of anilines is 1. The van der Waals surface area contributed by atoms with Crippen LogP contribution in [0.5, 0.6) is 0 Å². The fourth-order valence-electron chi connectivity index (χ4n) is 2.48. The van der Waals surface area contributed by atoms with Crippen LogP contribution in [0.25, 0.3) is 10.9 Å². The highest BCUT2D eigenvalue weighted by Gasteiger charge is 2.15. The fraction of sp³-hybridized carbons (Fsp3) is 0.118. The monoisotopic (exact) mass is 391 g/mol. The van der Waals surface area contributed by atoms with Crippen molar-refractivity contribution in [2.24, 2.45) is 0 Å². The Labute approximate surface area is 154 Å². The lowest BCUT2D eigenvalue weighted by Crippen LogP contribution is -2.28. The maximum absolute atomic E-state index is 12.5. The third kappa shape index (κ3) is 3.76. The summed E-state index contributed by atoms with van der Waals surface area (Å²) in [7, 11) is -3.50. The van der Waals surface area contributed by atoms with Gasteiger partial charge in [0.1, 0.15) is 6.54 Å². The smallest absolute Gasteiger partial charge is 0.261 e. The minimum atomic E-state index is -3.50. The summed E-state index contributed by atoms with van der Waals surface area (Å²) in [5.41, 5.74) is 0.215. The molecule has 0 fully saturated rings. The number of halogens is 1. The van der Waals surface area contributed by atoms with E-state index in [-0.39, 0.29) is 17.1 Å². The summed E-state index contributed by atoms with van der Waals surface area (Å²) in [5.74, 6) is -0.550. The predicted octanol–water partition coefficient (Wildman–Crippen LogP) is 2.09. The molecule has 1 amide bonds. The largest absolute Gasteiger partial charge is 0.323 e. The van der Waals surface area contributed by atoms with Gasteiger partial charge in [-0.3, -0.25) is 14.2 Å². The molecule has 0 bridgehead atoms. The van der Waals surface area contributed by atoms with Crippen LogP contribution in [0, 0.1) is 0 Å². The summed E-state index contributed by atoms with van der Waals surface area (Å²) in [6.07, 6.45) is 2.32. The number of fused-ring (bicyclic) bond motifs is 1. The van der Waals surface area contributed by atoms with Crippen LogP contribution in [0.2, 0.25) is 5.02 Å². The molecule has 3 rings (SSSR count). The number of sulfone groups is 1. The van der Waals surface area contributed by atoms with Crippen molar-refractivity contribution in [2.75, 3.05) is 11.6 Å². The van der Waals surface area contributed by atoms with Crippen LogP contribution in [-0.4, -0.2) is 30.1 Å². The Morgan fingerprint density at radius 2 is 1.96 bits per heavy atom. The number of nitrogens with one attached hydrogen (secondary N) is 1. The maximum Gasteiger partial charge on any atom is 0.261 e. The van der Waals surface area contributed by atoms with Crippen molar-refractivity contribution in [3.63, 3.8) is 0 Å². The zero-order valence-electron chi connectivity index (χ0n) is 13.6. The van der Waals surface area contributed by atoms with Crippen molar-refractivity contribution in [1.82, 2.24) is 9.55 Å². The molecule has 1 aromatic heterocycles. The van der Waals surface area contributed by atoms with Crippen molar-refractivity contribution in [3.8, 4) is 0 Å². The molecule has 3 aromatic rings. The average molecular weight is 392 g/mol. The lowest BCUT2D eigenvalue weighted by Gasteiger charge is -2.11. The Morgan fingerprint density at radius 3 is 2.69 bits per heavy atom. The summed E-state index contributed by atoms with van der Waals surface area (Å²) >= 11 is 5.90. The van der Waals surface area contributed by atoms with E-state index in [0.29, 0.717) is 15.9 Å². The van der Waals surface area contributed by atoms with Crippen LogP contribution in [0.4, 0.5) is 5.69 Å². The van der Waals surface area contributed by atoms with E-state index in [4.69, 9.17) is 11.6 Å². The summed E-state index contributed by atoms with van der Waals surface area (Å²) in [6.45, 7) is -0.313. The molecule has 9 heteroatoms. The highest BCUT2D eigenvalue weighted by atomic mass is 35.5. The zero-order chi connectivity index (χ0) is 18.9. The second-order valence-electron chi connectivity index (χ2n) is 5.66. The van der Waals surface area contributed by atoms with Crippen LogP contribution in [0.3, 0.4) is 0 Å². The molecule has 1 heterocycles. The van der Waals surface area contributed by atoms with Crippen molar-refractivity contribution >= 4 is 43.9 Å². The molecule has 0 aliphatic carbocycles. The van der Waals surface area contributed by atoms with Gasteiger partial charge in [0.2, 0.25) is 5.91 Å². The highest BCUT2D eigenvalue weighted by Crippen LogP contribution is 2.20. The third-order valence-corrected chi connectivity index (χ3v) is 5.05. The summed E-state index contributed by atoms with van der Waals surface area (Å²) in [5, 5.41) is 3.21. The molecule has 0 radical (unpaired) electrons. The van der Waals surface area contributed by atoms with Gasteiger partial charge in [-0.15, -0.1) is 0 Å². The number of nitrogens with zero attached hydrogens (tertiary/aromatic N) is 2. The summed E-state index contributed by atoms with van der Waals surface area (Å²) in [4.78, 5) is 28.9. The van der Waals surface area contributed by atoms with Crippen molar-refractivity contribution in [2.45, 2.75) is 11.4 Å². The minimum Gasteiger partial charge on any atom is -0.323 e. The van der Waals surface area contributed by atoms with E-state index >= 15 is 0 Å². The Morgan fingerprint density at radius 1 is 1.23 bits per heavy atom. The molecule has 0 atom stereocenters. The molecule has 0 aliphatic heterocycles. The van der Waals surface area contributed by atoms with Crippen molar-refractivity contribution in [3.05, 3.63) is 64.2 Å². The number of carbonyl (C=O) groups is 1. The SMILES string of the molecule is CS(=O)(=O)c1ccccc1NC(=O)Cn1cnc2ccc(Cl)cc2c1=O. The van der Waals surface area contributed by atoms with Gasteiger partial charge in [-0.2, -0.15) is 0 Å². The molecular formula is C17H14ClN3O4S. The van der Waals surface area contributed by atoms with E-state index in [9.17, 15) is 18.0 Å². The molecule has 0 unspecified atom stereocenters. The molecular weight excluding hydrogens is 378 g/mol. The molecule has 2 aromatic carbocycles. The Kier molecular flexibility index (Phi) is 4.80. The van der Waals surface area contributed by atoms with Gasteiger partial charge in [-0.25, -0.2) is 13.4 Å². The molecule has 26 heavy (non-hydrogen) atoms. The van der Waals surface area contributed by atoms with Crippen LogP contribution in [-0.2, 0) is 21.2 Å². The zero-order valence-corrected chi connectivity index (χ0v) is 15.2. The standard InChI is InChI=1S/C17H14ClN3O4S/c1-26(24,25)15-5-3-2-4-14(15)20-16(22)9-21-10-19-13-7-6-11(18)8-12(13)17(21)23/h2-8,10H,9H2,1H3,(H,20,22). The minimum absolute atomic E-state index is 0.00381. The third-order valence-electron chi connectivity index (χ3n) is 3.66. The normalized spacial score (nSPS) is 11.5. The number of benzene rings is 2. The number of rotatable bonds is 4. The number of para-hydroxylation sites is 1. The van der Waals surface area contributed by atoms with Crippen molar-refractivity contribution < 1.29 is 13.2 Å². The molecule has 1 N–H and O–H groups in total. The van der Waals surface area contributed by atoms with E-state index < -0.39 is 21.3 Å². The number of hydrogen-bond donors (Lipinski definition) is 1. The lowest BCUT2D eigenvalue weighted by atomic mass is 10.2. The Bertz CT molecular complexity index is 1170. The first kappa shape index (κ1) is 18.1. The van der Waals surface area contributed by atoms with Crippen LogP contribution in [0.15, 0.2) is 58.5 Å². The molecule has 0 aliphatic rings. The number of aromatic nitrogens is 2. The van der Waals surface area contributed by atoms with E-state index in [1.807, 2.05) is 0 Å². The molecule has 134 valence electrons. The molecule has 0 saturated heterocycles. The summed E-state index contributed by atoms with van der Waals surface area (Å²) < 4.78 is 24.7. The van der Waals surface area contributed by atoms with Gasteiger partial charge in [0.15, 0.2) is 9.84 Å². The second kappa shape index (κ2) is 6.89. The Hall–Kier alpha value is -2.71. The molecule has 7 nitrogen and oxygen atoms in total. The highest BCUT2D eigenvalue weighted by molar-refractivity contribution is 7.90. The predicted molar refractivity (Wildman–Crippen MR) is 99.2 cm³/mol. The van der Waals surface area contributed by atoms with Gasteiger partial charge in [0.25, 0.3) is 5.56 Å². The van der Waals surface area contributed by atoms with E-state index in [1.165, 1.54) is 24.5 Å². The van der Waals surface area contributed by atoms with Gasteiger partial charge in [0, 0.05) is 11.3 Å². The first-order chi connectivity index (χ1) is 12.3. The Balaban J connectivity index is 1.89. The maximum atomic E-state index is 12.5. The quantitative estimate of drug-likeness (QED) is 0.734. The lowest BCUT2D eigenvalue weighted by molar-refractivity contribution is -0.116. The van der Waals surface area contributed by atoms with Gasteiger partial charge in [-0.05, 0) is 30.3 Å². The molecule has 0 spiro atoms.